The van der Waals surface area contributed by atoms with Gasteiger partial charge in [0.15, 0.2) is 5.78 Å². The number of hydrogen-bond donors (Lipinski definition) is 1. The van der Waals surface area contributed by atoms with Crippen LogP contribution in [0.4, 0.5) is 0 Å². The normalized spacial score (nSPS) is 17.3. The van der Waals surface area contributed by atoms with E-state index in [1.807, 2.05) is 57.5 Å². The molecule has 47 heavy (non-hydrogen) atoms. The number of aryl methyl sites for hydroxylation is 2. The summed E-state index contributed by atoms with van der Waals surface area (Å²) in [6, 6.07) is 7.44. The summed E-state index contributed by atoms with van der Waals surface area (Å²) in [6.07, 6.45) is 1.49. The number of thiazole rings is 1. The Hall–Kier alpha value is -2.54. The zero-order valence-electron chi connectivity index (χ0n) is 28.8. The third-order valence-electron chi connectivity index (χ3n) is 8.32. The molecule has 1 aromatic heterocycles. The van der Waals surface area contributed by atoms with Crippen LogP contribution in [0, 0.1) is 18.3 Å². The van der Waals surface area contributed by atoms with Gasteiger partial charge in [0.05, 0.1) is 74.5 Å². The lowest BCUT2D eigenvalue weighted by Crippen LogP contribution is -2.47. The predicted octanol–water partition coefficient (Wildman–Crippen LogP) is 5.07. The summed E-state index contributed by atoms with van der Waals surface area (Å²) in [5.41, 5.74) is 4.45. The first-order chi connectivity index (χ1) is 22.5. The molecule has 1 N–H and O–H groups in total. The van der Waals surface area contributed by atoms with Crippen molar-refractivity contribution in [2.45, 2.75) is 85.3 Å². The average molecular weight is 675 g/mol. The molecule has 0 aliphatic carbocycles. The lowest BCUT2D eigenvalue weighted by molar-refractivity contribution is -0.146. The Bertz CT molecular complexity index is 1240. The Labute approximate surface area is 284 Å². The molecule has 0 unspecified atom stereocenters. The summed E-state index contributed by atoms with van der Waals surface area (Å²) in [5, 5.41) is 10.5. The standard InChI is InChI=1S/C36H54N2O8S/c1-6-14-43-16-18-45-20-21-46-19-17-44-15-13-29(39)22-31(36(3,4)5)35(42)38-24-30(40)23-32(38)33(41)12-9-27-7-10-28(11-8-27)34-26(2)37-25-47-34/h7-8,10-11,25,30-32,40H,6,9,12-24H2,1-5H3/t30-,31-,32+/m1/s1. The maximum Gasteiger partial charge on any atom is 0.227 e. The zero-order valence-corrected chi connectivity index (χ0v) is 29.6. The van der Waals surface area contributed by atoms with Crippen LogP contribution in [0.15, 0.2) is 29.8 Å². The molecule has 3 atom stereocenters. The van der Waals surface area contributed by atoms with Gasteiger partial charge in [-0.3, -0.25) is 14.4 Å². The molecule has 262 valence electrons. The number of Topliss-reactive ketones (excluding diaryl/α,β-unsaturated/α-hetero) is 2. The lowest BCUT2D eigenvalue weighted by Gasteiger charge is -2.34. The second-order valence-corrected chi connectivity index (χ2v) is 14.0. The van der Waals surface area contributed by atoms with Crippen molar-refractivity contribution >= 4 is 28.8 Å². The fourth-order valence-corrected chi connectivity index (χ4v) is 6.40. The number of carbonyl (C=O) groups excluding carboxylic acids is 3. The van der Waals surface area contributed by atoms with E-state index in [4.69, 9.17) is 18.9 Å². The van der Waals surface area contributed by atoms with Gasteiger partial charge in [0, 0.05) is 44.8 Å². The second kappa shape index (κ2) is 20.1. The van der Waals surface area contributed by atoms with Gasteiger partial charge in [-0.25, -0.2) is 4.98 Å². The first-order valence-electron chi connectivity index (χ1n) is 16.8. The van der Waals surface area contributed by atoms with E-state index in [1.54, 1.807) is 11.3 Å². The van der Waals surface area contributed by atoms with Crippen LogP contribution in [-0.2, 0) is 39.8 Å². The van der Waals surface area contributed by atoms with Crippen molar-refractivity contribution in [3.05, 3.63) is 41.0 Å². The molecule has 1 fully saturated rings. The molecular formula is C36H54N2O8S. The Morgan fingerprint density at radius 3 is 2.09 bits per heavy atom. The first-order valence-corrected chi connectivity index (χ1v) is 17.7. The number of carbonyl (C=O) groups is 3. The molecule has 0 radical (unpaired) electrons. The number of aliphatic hydroxyl groups is 1. The smallest absolute Gasteiger partial charge is 0.227 e. The number of aromatic nitrogens is 1. The van der Waals surface area contributed by atoms with Gasteiger partial charge < -0.3 is 29.0 Å². The summed E-state index contributed by atoms with van der Waals surface area (Å²) >= 11 is 1.60. The fourth-order valence-electron chi connectivity index (χ4n) is 5.58. The van der Waals surface area contributed by atoms with Crippen molar-refractivity contribution in [1.29, 1.82) is 0 Å². The Kier molecular flexibility index (Phi) is 16.6. The number of amides is 1. The van der Waals surface area contributed by atoms with Gasteiger partial charge in [-0.2, -0.15) is 0 Å². The Balaban J connectivity index is 1.42. The zero-order chi connectivity index (χ0) is 34.2. The van der Waals surface area contributed by atoms with Crippen molar-refractivity contribution in [1.82, 2.24) is 9.88 Å². The molecular weight excluding hydrogens is 620 g/mol. The largest absolute Gasteiger partial charge is 0.391 e. The number of ether oxygens (including phenoxy) is 4. The van der Waals surface area contributed by atoms with Crippen LogP contribution in [0.5, 0.6) is 0 Å². The van der Waals surface area contributed by atoms with E-state index in [1.165, 1.54) is 4.90 Å². The highest BCUT2D eigenvalue weighted by Gasteiger charge is 2.44. The summed E-state index contributed by atoms with van der Waals surface area (Å²) in [7, 11) is 0. The van der Waals surface area contributed by atoms with Crippen LogP contribution in [0.3, 0.4) is 0 Å². The van der Waals surface area contributed by atoms with Gasteiger partial charge in [-0.05, 0) is 36.3 Å². The van der Waals surface area contributed by atoms with Crippen molar-refractivity contribution in [2.24, 2.45) is 11.3 Å². The second-order valence-electron chi connectivity index (χ2n) is 13.2. The molecule has 3 rings (SSSR count). The highest BCUT2D eigenvalue weighted by molar-refractivity contribution is 7.13. The molecule has 2 heterocycles. The van der Waals surface area contributed by atoms with Gasteiger partial charge in [0.1, 0.15) is 5.78 Å². The third-order valence-corrected chi connectivity index (χ3v) is 9.30. The summed E-state index contributed by atoms with van der Waals surface area (Å²) in [6.45, 7) is 13.7. The maximum absolute atomic E-state index is 13.9. The van der Waals surface area contributed by atoms with Crippen molar-refractivity contribution in [3.8, 4) is 10.4 Å². The first kappa shape index (κ1) is 38.9. The number of nitrogens with zero attached hydrogens (tertiary/aromatic N) is 2. The van der Waals surface area contributed by atoms with E-state index in [-0.39, 0.29) is 56.3 Å². The molecule has 1 saturated heterocycles. The van der Waals surface area contributed by atoms with Crippen LogP contribution in [0.1, 0.15) is 71.1 Å². The molecule has 1 aromatic carbocycles. The van der Waals surface area contributed by atoms with Crippen molar-refractivity contribution in [2.75, 3.05) is 59.4 Å². The van der Waals surface area contributed by atoms with Crippen LogP contribution < -0.4 is 0 Å². The Morgan fingerprint density at radius 2 is 1.53 bits per heavy atom. The van der Waals surface area contributed by atoms with Gasteiger partial charge in [0.25, 0.3) is 0 Å². The van der Waals surface area contributed by atoms with Gasteiger partial charge >= 0.3 is 0 Å². The average Bonchev–Trinajstić information content (AvgIpc) is 3.65. The quantitative estimate of drug-likeness (QED) is 0.171. The number of likely N-dealkylation sites (tertiary alicyclic amines) is 1. The van der Waals surface area contributed by atoms with E-state index in [9.17, 15) is 19.5 Å². The number of ketones is 2. The summed E-state index contributed by atoms with van der Waals surface area (Å²) in [4.78, 5) is 47.2. The van der Waals surface area contributed by atoms with E-state index in [0.717, 1.165) is 34.7 Å². The lowest BCUT2D eigenvalue weighted by atomic mass is 9.76. The number of benzene rings is 1. The van der Waals surface area contributed by atoms with Crippen LogP contribution in [-0.4, -0.2) is 104 Å². The van der Waals surface area contributed by atoms with Gasteiger partial charge in [0.2, 0.25) is 5.91 Å². The number of aliphatic hydroxyl groups excluding tert-OH is 1. The molecule has 1 aliphatic rings. The van der Waals surface area contributed by atoms with E-state index in [2.05, 4.69) is 11.9 Å². The maximum atomic E-state index is 13.9. The predicted molar refractivity (Wildman–Crippen MR) is 182 cm³/mol. The molecule has 1 amide bonds. The van der Waals surface area contributed by atoms with Gasteiger partial charge in [-0.15, -0.1) is 11.3 Å². The fraction of sp³-hybridized carbons (Fsp3) is 0.667. The summed E-state index contributed by atoms with van der Waals surface area (Å²) < 4.78 is 21.9. The number of β-amino-alcohol motifs (C(OH)–C–C–N with tert-alkyl or cyclic N) is 1. The minimum Gasteiger partial charge on any atom is -0.391 e. The monoisotopic (exact) mass is 674 g/mol. The summed E-state index contributed by atoms with van der Waals surface area (Å²) in [5.74, 6) is -1.01. The molecule has 0 saturated carbocycles. The topological polar surface area (TPSA) is 124 Å². The molecule has 0 spiro atoms. The van der Waals surface area contributed by atoms with Gasteiger partial charge in [-0.1, -0.05) is 52.0 Å². The molecule has 0 bridgehead atoms. The van der Waals surface area contributed by atoms with Crippen LogP contribution in [0.2, 0.25) is 0 Å². The highest BCUT2D eigenvalue weighted by atomic mass is 32.1. The van der Waals surface area contributed by atoms with E-state index < -0.39 is 23.5 Å². The van der Waals surface area contributed by atoms with Crippen LogP contribution >= 0.6 is 11.3 Å². The third kappa shape index (κ3) is 13.1. The minimum atomic E-state index is -0.770. The van der Waals surface area contributed by atoms with E-state index in [0.29, 0.717) is 46.1 Å². The number of rotatable bonds is 22. The molecule has 11 heteroatoms. The minimum absolute atomic E-state index is 0.0561. The van der Waals surface area contributed by atoms with Crippen molar-refractivity contribution < 1.29 is 38.4 Å². The Morgan fingerprint density at radius 1 is 0.936 bits per heavy atom. The SMILES string of the molecule is CCCOCCOCCOCCOCCC(=O)C[C@H](C(=O)N1C[C@H](O)C[C@H]1C(=O)CCc1ccc(-c2scnc2C)cc1)C(C)(C)C. The molecule has 2 aromatic rings. The van der Waals surface area contributed by atoms with Crippen molar-refractivity contribution in [3.63, 3.8) is 0 Å². The van der Waals surface area contributed by atoms with E-state index >= 15 is 0 Å². The molecule has 1 aliphatic heterocycles. The highest BCUT2D eigenvalue weighted by Crippen LogP contribution is 2.34. The van der Waals surface area contributed by atoms with Crippen LogP contribution in [0.25, 0.3) is 10.4 Å². The molecule has 10 nitrogen and oxygen atoms in total. The number of hydrogen-bond acceptors (Lipinski definition) is 10.